The number of carbonyl (C=O) groups excluding carboxylic acids is 1. The van der Waals surface area contributed by atoms with Gasteiger partial charge in [-0.3, -0.25) is 4.79 Å². The van der Waals surface area contributed by atoms with Crippen LogP contribution in [0, 0.1) is 5.92 Å². The minimum atomic E-state index is -0.468. The molecule has 3 heterocycles. The van der Waals surface area contributed by atoms with Gasteiger partial charge in [-0.15, -0.1) is 0 Å². The molecule has 0 spiro atoms. The zero-order valence-electron chi connectivity index (χ0n) is 19.1. The van der Waals surface area contributed by atoms with E-state index in [0.29, 0.717) is 0 Å². The Morgan fingerprint density at radius 3 is 2.57 bits per heavy atom. The van der Waals surface area contributed by atoms with Crippen molar-refractivity contribution in [2.24, 2.45) is 11.7 Å². The summed E-state index contributed by atoms with van der Waals surface area (Å²) in [7, 11) is -0.336. The first-order valence-electron chi connectivity index (χ1n) is 11.2. The molecule has 8 heteroatoms. The van der Waals surface area contributed by atoms with Gasteiger partial charge in [0, 0.05) is 12.2 Å². The van der Waals surface area contributed by atoms with Crippen LogP contribution in [-0.4, -0.2) is 51.7 Å². The van der Waals surface area contributed by atoms with Crippen molar-refractivity contribution in [3.8, 4) is 0 Å². The number of aryl methyl sites for hydroxylation is 1. The molecule has 2 atom stereocenters. The van der Waals surface area contributed by atoms with Gasteiger partial charge in [0.2, 0.25) is 5.91 Å². The number of amides is 1. The number of nitrogens with two attached hydrogens (primary N) is 1. The summed E-state index contributed by atoms with van der Waals surface area (Å²) in [6.45, 7) is 13.0. The number of nitrogens with zero attached hydrogens (tertiary/aromatic N) is 2. The molecule has 1 aromatic heterocycles. The highest BCUT2D eigenvalue weighted by atomic mass is 16.7. The summed E-state index contributed by atoms with van der Waals surface area (Å²) in [5, 5.41) is 0. The fourth-order valence-electron chi connectivity index (χ4n) is 4.40. The minimum Gasteiger partial charge on any atom is -0.400 e. The van der Waals surface area contributed by atoms with Crippen LogP contribution in [-0.2, 0) is 20.5 Å². The van der Waals surface area contributed by atoms with Gasteiger partial charge in [0.15, 0.2) is 0 Å². The van der Waals surface area contributed by atoms with Gasteiger partial charge in [-0.2, -0.15) is 0 Å². The summed E-state index contributed by atoms with van der Waals surface area (Å²) in [4.78, 5) is 23.2. The number of hydrogen-bond acceptors (Lipinski definition) is 5. The number of imidazole rings is 1. The van der Waals surface area contributed by atoms with Gasteiger partial charge in [0.25, 0.3) is 0 Å². The first kappa shape index (κ1) is 21.6. The molecule has 0 bridgehead atoms. The molecule has 2 aliphatic heterocycles. The lowest BCUT2D eigenvalue weighted by Crippen LogP contribution is -2.46. The van der Waals surface area contributed by atoms with Crippen molar-refractivity contribution in [2.45, 2.75) is 90.5 Å². The minimum absolute atomic E-state index is 0.0234. The number of H-pyrrole nitrogens is 1. The van der Waals surface area contributed by atoms with E-state index in [1.54, 1.807) is 0 Å². The van der Waals surface area contributed by atoms with E-state index in [9.17, 15) is 4.79 Å². The highest BCUT2D eigenvalue weighted by molar-refractivity contribution is 6.55. The Labute approximate surface area is 179 Å². The molecule has 3 aliphatic rings. The smallest absolute Gasteiger partial charge is 0.400 e. The van der Waals surface area contributed by atoms with E-state index in [2.05, 4.69) is 38.8 Å². The average Bonchev–Trinajstić information content (AvgIpc) is 3.35. The molecule has 30 heavy (non-hydrogen) atoms. The number of nitrogens with one attached hydrogen (secondary N) is 1. The maximum Gasteiger partial charge on any atom is 0.490 e. The topological polar surface area (TPSA) is 93.5 Å². The fraction of sp³-hybridized carbons (Fsp3) is 0.727. The lowest BCUT2D eigenvalue weighted by Gasteiger charge is -2.32. The van der Waals surface area contributed by atoms with E-state index < -0.39 is 6.04 Å². The molecule has 4 rings (SSSR count). The summed E-state index contributed by atoms with van der Waals surface area (Å²) in [5.74, 6) is 1.01. The molecule has 2 saturated heterocycles. The lowest BCUT2D eigenvalue weighted by molar-refractivity contribution is -0.134. The SMILES string of the molecule is CC(C)C(N)C(=O)N1CCCC1c1nc2c([nH]1)CCC(B1OC(C)(C)C(C)(C)O1)=C2. The third-order valence-electron chi connectivity index (χ3n) is 7.23. The van der Waals surface area contributed by atoms with Crippen molar-refractivity contribution in [2.75, 3.05) is 6.54 Å². The van der Waals surface area contributed by atoms with Crippen LogP contribution < -0.4 is 5.73 Å². The Morgan fingerprint density at radius 2 is 1.93 bits per heavy atom. The Hall–Kier alpha value is -1.64. The molecule has 1 amide bonds. The van der Waals surface area contributed by atoms with Crippen LogP contribution >= 0.6 is 0 Å². The molecule has 2 unspecified atom stereocenters. The molecule has 7 nitrogen and oxygen atoms in total. The quantitative estimate of drug-likeness (QED) is 0.739. The van der Waals surface area contributed by atoms with Crippen molar-refractivity contribution in [1.29, 1.82) is 0 Å². The maximum absolute atomic E-state index is 12.9. The van der Waals surface area contributed by atoms with Crippen LogP contribution in [0.2, 0.25) is 0 Å². The molecule has 2 fully saturated rings. The third-order valence-corrected chi connectivity index (χ3v) is 7.23. The summed E-state index contributed by atoms with van der Waals surface area (Å²) >= 11 is 0. The highest BCUT2D eigenvalue weighted by Gasteiger charge is 2.52. The van der Waals surface area contributed by atoms with Gasteiger partial charge < -0.3 is 24.9 Å². The second kappa shape index (κ2) is 7.50. The van der Waals surface area contributed by atoms with Crippen LogP contribution in [0.3, 0.4) is 0 Å². The normalized spacial score (nSPS) is 26.1. The number of fused-ring (bicyclic) bond motifs is 1. The van der Waals surface area contributed by atoms with Crippen molar-refractivity contribution < 1.29 is 14.1 Å². The van der Waals surface area contributed by atoms with Crippen LogP contribution in [0.25, 0.3) is 6.08 Å². The summed E-state index contributed by atoms with van der Waals surface area (Å²) in [6, 6.07) is -0.494. The largest absolute Gasteiger partial charge is 0.490 e. The van der Waals surface area contributed by atoms with Gasteiger partial charge >= 0.3 is 7.12 Å². The summed E-state index contributed by atoms with van der Waals surface area (Å²) in [6.07, 6.45) is 5.72. The molecule has 1 aromatic rings. The zero-order chi connectivity index (χ0) is 21.8. The van der Waals surface area contributed by atoms with E-state index in [-0.39, 0.29) is 36.2 Å². The number of aromatic nitrogens is 2. The van der Waals surface area contributed by atoms with Crippen molar-refractivity contribution >= 4 is 19.1 Å². The van der Waals surface area contributed by atoms with Crippen LogP contribution in [0.4, 0.5) is 0 Å². The van der Waals surface area contributed by atoms with Crippen molar-refractivity contribution in [3.63, 3.8) is 0 Å². The van der Waals surface area contributed by atoms with Crippen LogP contribution in [0.15, 0.2) is 5.47 Å². The number of allylic oxidation sites excluding steroid dienone is 1. The van der Waals surface area contributed by atoms with E-state index in [1.807, 2.05) is 18.7 Å². The molecule has 1 aliphatic carbocycles. The monoisotopic (exact) mass is 414 g/mol. The third kappa shape index (κ3) is 3.63. The number of rotatable bonds is 4. The number of hydrogen-bond donors (Lipinski definition) is 2. The van der Waals surface area contributed by atoms with E-state index in [4.69, 9.17) is 20.0 Å². The molecule has 164 valence electrons. The average molecular weight is 414 g/mol. The van der Waals surface area contributed by atoms with Crippen molar-refractivity contribution in [1.82, 2.24) is 14.9 Å². The van der Waals surface area contributed by atoms with Gasteiger partial charge in [0.05, 0.1) is 29.0 Å². The Bertz CT molecular complexity index is 845. The number of aromatic amines is 1. The Morgan fingerprint density at radius 1 is 1.27 bits per heavy atom. The Kier molecular flexibility index (Phi) is 5.40. The zero-order valence-corrected chi connectivity index (χ0v) is 19.1. The standard InChI is InChI=1S/C22H35BN4O3/c1-13(2)18(24)20(28)27-11-7-8-17(27)19-25-15-10-9-14(12-16(15)26-19)23-29-21(3,4)22(5,6)30-23/h12-13,17-18H,7-11,24H2,1-6H3,(H,25,26). The van der Waals surface area contributed by atoms with E-state index >= 15 is 0 Å². The summed E-state index contributed by atoms with van der Waals surface area (Å²) < 4.78 is 12.5. The summed E-state index contributed by atoms with van der Waals surface area (Å²) in [5.41, 5.74) is 8.63. The lowest BCUT2D eigenvalue weighted by atomic mass is 9.73. The van der Waals surface area contributed by atoms with Gasteiger partial charge in [-0.1, -0.05) is 13.8 Å². The van der Waals surface area contributed by atoms with Gasteiger partial charge in [-0.25, -0.2) is 4.98 Å². The number of carbonyl (C=O) groups is 1. The number of likely N-dealkylation sites (tertiary alicyclic amines) is 1. The highest BCUT2D eigenvalue weighted by Crippen LogP contribution is 2.41. The van der Waals surface area contributed by atoms with Gasteiger partial charge in [0.1, 0.15) is 5.82 Å². The van der Waals surface area contributed by atoms with Gasteiger partial charge in [-0.05, 0) is 70.8 Å². The fourth-order valence-corrected chi connectivity index (χ4v) is 4.40. The van der Waals surface area contributed by atoms with E-state index in [1.165, 1.54) is 0 Å². The second-order valence-electron chi connectivity index (χ2n) is 10.3. The van der Waals surface area contributed by atoms with E-state index in [0.717, 1.165) is 54.9 Å². The Balaban J connectivity index is 1.55. The molecule has 0 saturated carbocycles. The van der Waals surface area contributed by atoms with Crippen molar-refractivity contribution in [3.05, 3.63) is 22.7 Å². The molecular weight excluding hydrogens is 379 g/mol. The first-order chi connectivity index (χ1) is 14.0. The predicted molar refractivity (Wildman–Crippen MR) is 117 cm³/mol. The molecular formula is C22H35BN4O3. The predicted octanol–water partition coefficient (Wildman–Crippen LogP) is 3.02. The van der Waals surface area contributed by atoms with Crippen LogP contribution in [0.1, 0.15) is 84.1 Å². The maximum atomic E-state index is 12.9. The second-order valence-corrected chi connectivity index (χ2v) is 10.3. The first-order valence-corrected chi connectivity index (χ1v) is 11.2. The van der Waals surface area contributed by atoms with Crippen LogP contribution in [0.5, 0.6) is 0 Å². The molecule has 3 N–H and O–H groups in total. The molecule has 0 aromatic carbocycles. The molecule has 0 radical (unpaired) electrons.